The second-order valence-electron chi connectivity index (χ2n) is 5.02. The van der Waals surface area contributed by atoms with Crippen LogP contribution in [-0.2, 0) is 12.8 Å². The van der Waals surface area contributed by atoms with Crippen molar-refractivity contribution in [1.29, 1.82) is 0 Å². The summed E-state index contributed by atoms with van der Waals surface area (Å²) < 4.78 is 1.37. The van der Waals surface area contributed by atoms with Crippen LogP contribution < -0.4 is 5.73 Å². The summed E-state index contributed by atoms with van der Waals surface area (Å²) in [6, 6.07) is 6.78. The number of thiophene rings is 1. The van der Waals surface area contributed by atoms with Gasteiger partial charge in [-0.2, -0.15) is 0 Å². The van der Waals surface area contributed by atoms with Gasteiger partial charge in [0.25, 0.3) is 0 Å². The summed E-state index contributed by atoms with van der Waals surface area (Å²) in [6.07, 6.45) is 3.16. The first-order valence-electron chi connectivity index (χ1n) is 7.19. The molecule has 0 spiro atoms. The van der Waals surface area contributed by atoms with Gasteiger partial charge < -0.3 is 10.6 Å². The number of fused-ring (bicyclic) bond motifs is 1. The van der Waals surface area contributed by atoms with Gasteiger partial charge in [-0.3, -0.25) is 0 Å². The van der Waals surface area contributed by atoms with Gasteiger partial charge >= 0.3 is 0 Å². The summed E-state index contributed by atoms with van der Waals surface area (Å²) in [5.74, 6) is 0. The molecule has 1 aromatic carbocycles. The lowest BCUT2D eigenvalue weighted by Gasteiger charge is -2.21. The second kappa shape index (κ2) is 7.04. The smallest absolute Gasteiger partial charge is 0.166 e. The fourth-order valence-corrected chi connectivity index (χ4v) is 3.56. The van der Waals surface area contributed by atoms with E-state index in [1.165, 1.54) is 21.2 Å². The highest BCUT2D eigenvalue weighted by molar-refractivity contribution is 7.80. The molecule has 4 heteroatoms. The number of nitrogens with two attached hydrogens (primary N) is 1. The minimum absolute atomic E-state index is 0.514. The molecule has 0 saturated heterocycles. The highest BCUT2D eigenvalue weighted by Gasteiger charge is 2.09. The predicted molar refractivity (Wildman–Crippen MR) is 93.6 cm³/mol. The summed E-state index contributed by atoms with van der Waals surface area (Å²) >= 11 is 6.94. The third-order valence-corrected chi connectivity index (χ3v) is 4.85. The number of hydrogen-bond acceptors (Lipinski definition) is 2. The van der Waals surface area contributed by atoms with Crippen molar-refractivity contribution < 1.29 is 0 Å². The van der Waals surface area contributed by atoms with Crippen molar-refractivity contribution in [3.05, 3.63) is 34.7 Å². The van der Waals surface area contributed by atoms with Crippen LogP contribution >= 0.6 is 23.6 Å². The van der Waals surface area contributed by atoms with E-state index in [2.05, 4.69) is 42.3 Å². The van der Waals surface area contributed by atoms with E-state index in [1.807, 2.05) is 11.3 Å². The van der Waals surface area contributed by atoms with Crippen molar-refractivity contribution in [3.63, 3.8) is 0 Å². The monoisotopic (exact) mass is 306 g/mol. The maximum Gasteiger partial charge on any atom is 0.166 e. The number of nitrogens with zero attached hydrogens (tertiary/aromatic N) is 1. The van der Waals surface area contributed by atoms with Crippen molar-refractivity contribution >= 4 is 38.8 Å². The molecule has 108 valence electrons. The third-order valence-electron chi connectivity index (χ3n) is 3.58. The van der Waals surface area contributed by atoms with E-state index >= 15 is 0 Å². The van der Waals surface area contributed by atoms with Crippen LogP contribution in [0.4, 0.5) is 0 Å². The molecule has 0 aliphatic heterocycles. The highest BCUT2D eigenvalue weighted by atomic mass is 32.1. The third kappa shape index (κ3) is 3.49. The Bertz CT molecular complexity index is 589. The molecule has 0 saturated carbocycles. The maximum absolute atomic E-state index is 5.78. The Morgan fingerprint density at radius 2 is 2.10 bits per heavy atom. The first-order chi connectivity index (χ1) is 9.65. The van der Waals surface area contributed by atoms with Crippen molar-refractivity contribution in [2.45, 2.75) is 33.1 Å². The van der Waals surface area contributed by atoms with Crippen LogP contribution in [0.3, 0.4) is 0 Å². The number of benzene rings is 1. The number of rotatable bonds is 6. The molecule has 0 bridgehead atoms. The Balaban J connectivity index is 2.14. The summed E-state index contributed by atoms with van der Waals surface area (Å²) in [6.45, 7) is 6.20. The van der Waals surface area contributed by atoms with Crippen LogP contribution in [0.25, 0.3) is 10.1 Å². The lowest BCUT2D eigenvalue weighted by Crippen LogP contribution is -2.37. The number of aryl methyl sites for hydroxylation is 1. The molecule has 0 fully saturated rings. The Hall–Kier alpha value is -1.13. The van der Waals surface area contributed by atoms with Gasteiger partial charge in [-0.1, -0.05) is 26.0 Å². The van der Waals surface area contributed by atoms with Gasteiger partial charge in [0.05, 0.1) is 0 Å². The van der Waals surface area contributed by atoms with Crippen molar-refractivity contribution in [1.82, 2.24) is 4.90 Å². The molecule has 0 aliphatic carbocycles. The summed E-state index contributed by atoms with van der Waals surface area (Å²) in [5, 5.41) is 4.18. The predicted octanol–water partition coefficient (Wildman–Crippen LogP) is 3.96. The molecule has 1 aromatic heterocycles. The van der Waals surface area contributed by atoms with E-state index in [0.717, 1.165) is 32.4 Å². The number of thiocarbonyl (C=S) groups is 1. The molecule has 2 N–H and O–H groups in total. The molecule has 20 heavy (non-hydrogen) atoms. The first-order valence-corrected chi connectivity index (χ1v) is 8.47. The SMILES string of the molecule is CCCN(CCc1csc2ccc(CC)cc12)C(N)=S. The van der Waals surface area contributed by atoms with Gasteiger partial charge in [-0.25, -0.2) is 0 Å². The van der Waals surface area contributed by atoms with Gasteiger partial charge in [-0.15, -0.1) is 11.3 Å². The minimum atomic E-state index is 0.514. The Labute approximate surface area is 130 Å². The van der Waals surface area contributed by atoms with E-state index in [1.54, 1.807) is 0 Å². The molecule has 0 aliphatic rings. The van der Waals surface area contributed by atoms with Crippen molar-refractivity contribution in [2.75, 3.05) is 13.1 Å². The van der Waals surface area contributed by atoms with Crippen LogP contribution in [0.5, 0.6) is 0 Å². The zero-order valence-electron chi connectivity index (χ0n) is 12.2. The van der Waals surface area contributed by atoms with Crippen LogP contribution in [0.1, 0.15) is 31.4 Å². The van der Waals surface area contributed by atoms with E-state index < -0.39 is 0 Å². The van der Waals surface area contributed by atoms with E-state index in [0.29, 0.717) is 5.11 Å². The summed E-state index contributed by atoms with van der Waals surface area (Å²) in [4.78, 5) is 2.10. The summed E-state index contributed by atoms with van der Waals surface area (Å²) in [7, 11) is 0. The van der Waals surface area contributed by atoms with Crippen LogP contribution in [0.2, 0.25) is 0 Å². The van der Waals surface area contributed by atoms with Crippen molar-refractivity contribution in [2.24, 2.45) is 5.73 Å². The Morgan fingerprint density at radius 3 is 2.75 bits per heavy atom. The quantitative estimate of drug-likeness (QED) is 0.819. The first kappa shape index (κ1) is 15.3. The molecule has 2 aromatic rings. The lowest BCUT2D eigenvalue weighted by atomic mass is 10.1. The largest absolute Gasteiger partial charge is 0.376 e. The fraction of sp³-hybridized carbons (Fsp3) is 0.438. The topological polar surface area (TPSA) is 29.3 Å². The second-order valence-corrected chi connectivity index (χ2v) is 6.35. The van der Waals surface area contributed by atoms with Gasteiger partial charge in [0.2, 0.25) is 0 Å². The van der Waals surface area contributed by atoms with Crippen LogP contribution in [-0.4, -0.2) is 23.1 Å². The van der Waals surface area contributed by atoms with E-state index in [-0.39, 0.29) is 0 Å². The van der Waals surface area contributed by atoms with E-state index in [9.17, 15) is 0 Å². The zero-order valence-corrected chi connectivity index (χ0v) is 13.8. The maximum atomic E-state index is 5.78. The zero-order chi connectivity index (χ0) is 14.5. The van der Waals surface area contributed by atoms with Gasteiger partial charge in [0, 0.05) is 17.8 Å². The van der Waals surface area contributed by atoms with Gasteiger partial charge in [-0.05, 0) is 59.4 Å². The normalized spacial score (nSPS) is 10.9. The van der Waals surface area contributed by atoms with Crippen LogP contribution in [0, 0.1) is 0 Å². The molecule has 1 heterocycles. The van der Waals surface area contributed by atoms with Crippen LogP contribution in [0.15, 0.2) is 23.6 Å². The number of hydrogen-bond donors (Lipinski definition) is 1. The molecule has 0 unspecified atom stereocenters. The van der Waals surface area contributed by atoms with Crippen molar-refractivity contribution in [3.8, 4) is 0 Å². The van der Waals surface area contributed by atoms with Gasteiger partial charge in [0.1, 0.15) is 0 Å². The van der Waals surface area contributed by atoms with Gasteiger partial charge in [0.15, 0.2) is 5.11 Å². The summed E-state index contributed by atoms with van der Waals surface area (Å²) in [5.41, 5.74) is 8.59. The molecule has 0 radical (unpaired) electrons. The molecule has 0 amide bonds. The minimum Gasteiger partial charge on any atom is -0.376 e. The molecule has 0 atom stereocenters. The molecular weight excluding hydrogens is 284 g/mol. The average Bonchev–Trinajstić information content (AvgIpc) is 2.85. The average molecular weight is 306 g/mol. The fourth-order valence-electron chi connectivity index (χ4n) is 2.40. The highest BCUT2D eigenvalue weighted by Crippen LogP contribution is 2.27. The molecule has 2 rings (SSSR count). The Morgan fingerprint density at radius 1 is 1.30 bits per heavy atom. The standard InChI is InChI=1S/C16H22N2S2/c1-3-8-18(16(17)19)9-7-13-11-20-15-6-5-12(4-2)10-14(13)15/h5-6,10-11H,3-4,7-9H2,1-2H3,(H2,17,19). The van der Waals surface area contributed by atoms with E-state index in [4.69, 9.17) is 18.0 Å². The Kier molecular flexibility index (Phi) is 5.38. The molecule has 2 nitrogen and oxygen atoms in total. The molecular formula is C16H22N2S2. The lowest BCUT2D eigenvalue weighted by molar-refractivity contribution is 0.425.